The Balaban J connectivity index is 1.62. The molecule has 28 heavy (non-hydrogen) atoms. The quantitative estimate of drug-likeness (QED) is 0.764. The molecule has 1 aromatic carbocycles. The number of methoxy groups -OCH3 is 1. The second-order valence-corrected chi connectivity index (χ2v) is 8.08. The van der Waals surface area contributed by atoms with Crippen molar-refractivity contribution in [3.63, 3.8) is 0 Å². The molecule has 0 spiro atoms. The van der Waals surface area contributed by atoms with Crippen molar-refractivity contribution in [1.82, 2.24) is 9.80 Å². The van der Waals surface area contributed by atoms with E-state index in [1.165, 1.54) is 12.0 Å². The number of hydrogen-bond acceptors (Lipinski definition) is 4. The van der Waals surface area contributed by atoms with Crippen LogP contribution in [0.3, 0.4) is 0 Å². The molecule has 2 amide bonds. The van der Waals surface area contributed by atoms with Gasteiger partial charge in [0.25, 0.3) is 0 Å². The van der Waals surface area contributed by atoms with Crippen LogP contribution in [0, 0.1) is 11.8 Å². The Bertz CT molecular complexity index is 752. The van der Waals surface area contributed by atoms with Crippen LogP contribution in [0.1, 0.15) is 30.9 Å². The van der Waals surface area contributed by atoms with Crippen LogP contribution < -0.4 is 4.74 Å². The summed E-state index contributed by atoms with van der Waals surface area (Å²) in [5, 5.41) is 20.6. The molecule has 0 aromatic heterocycles. The third-order valence-corrected chi connectivity index (χ3v) is 6.53. The predicted octanol–water partition coefficient (Wildman–Crippen LogP) is 3.27. The first-order chi connectivity index (χ1) is 13.3. The van der Waals surface area contributed by atoms with Gasteiger partial charge in [-0.15, -0.1) is 0 Å². The Labute approximate surface area is 173 Å². The summed E-state index contributed by atoms with van der Waals surface area (Å²) < 4.78 is 5.33. The number of carbonyl (C=O) groups excluding carboxylic acids is 1. The van der Waals surface area contributed by atoms with E-state index >= 15 is 0 Å². The third-order valence-electron chi connectivity index (χ3n) is 5.71. The van der Waals surface area contributed by atoms with Crippen LogP contribution in [0.5, 0.6) is 5.75 Å². The van der Waals surface area contributed by atoms with Gasteiger partial charge in [-0.3, -0.25) is 4.79 Å². The molecule has 154 valence electrons. The molecule has 0 saturated carbocycles. The largest absolute Gasteiger partial charge is 0.496 e. The summed E-state index contributed by atoms with van der Waals surface area (Å²) in [4.78, 5) is 26.8. The van der Waals surface area contributed by atoms with E-state index in [-0.39, 0.29) is 29.3 Å². The van der Waals surface area contributed by atoms with E-state index in [1.54, 1.807) is 17.0 Å². The van der Waals surface area contributed by atoms with Crippen LogP contribution in [0.25, 0.3) is 0 Å². The summed E-state index contributed by atoms with van der Waals surface area (Å²) in [6.07, 6.45) is -0.0252. The molecule has 2 N–H and O–H groups in total. The van der Waals surface area contributed by atoms with Gasteiger partial charge < -0.3 is 24.7 Å². The fraction of sp³-hybridized carbons (Fsp3) is 0.579. The van der Waals surface area contributed by atoms with Crippen molar-refractivity contribution in [1.29, 1.82) is 0 Å². The minimum absolute atomic E-state index is 0.00458. The number of rotatable bonds is 4. The normalized spacial score (nSPS) is 21.6. The van der Waals surface area contributed by atoms with E-state index in [9.17, 15) is 14.7 Å². The van der Waals surface area contributed by atoms with Crippen molar-refractivity contribution in [2.24, 2.45) is 11.8 Å². The second kappa shape index (κ2) is 8.76. The van der Waals surface area contributed by atoms with Gasteiger partial charge in [-0.25, -0.2) is 4.79 Å². The minimum Gasteiger partial charge on any atom is -0.496 e. The molecule has 2 saturated heterocycles. The van der Waals surface area contributed by atoms with Gasteiger partial charge in [-0.05, 0) is 37.3 Å². The number of nitrogens with zero attached hydrogens (tertiary/aromatic N) is 2. The van der Waals surface area contributed by atoms with E-state index in [4.69, 9.17) is 33.0 Å². The first-order valence-corrected chi connectivity index (χ1v) is 10.1. The maximum absolute atomic E-state index is 12.7. The SMILES string of the molecule is COc1ccc(Cl)c(Cl)c1C(O)C1CCN(C(=O)[C@@H]2CCN(C(=O)O)C2)CC1. The van der Waals surface area contributed by atoms with Gasteiger partial charge >= 0.3 is 6.09 Å². The Morgan fingerprint density at radius 3 is 2.36 bits per heavy atom. The van der Waals surface area contributed by atoms with Crippen LogP contribution >= 0.6 is 23.2 Å². The Morgan fingerprint density at radius 1 is 1.14 bits per heavy atom. The first-order valence-electron chi connectivity index (χ1n) is 9.30. The van der Waals surface area contributed by atoms with Crippen LogP contribution in [0.15, 0.2) is 12.1 Å². The molecule has 2 fully saturated rings. The fourth-order valence-electron chi connectivity index (χ4n) is 4.07. The van der Waals surface area contributed by atoms with E-state index in [2.05, 4.69) is 0 Å². The van der Waals surface area contributed by atoms with Gasteiger partial charge in [0.1, 0.15) is 5.75 Å². The van der Waals surface area contributed by atoms with Gasteiger partial charge in [0, 0.05) is 31.7 Å². The van der Waals surface area contributed by atoms with Crippen LogP contribution in [0.2, 0.25) is 10.0 Å². The molecular formula is C19H24Cl2N2O5. The van der Waals surface area contributed by atoms with Gasteiger partial charge in [0.2, 0.25) is 5.91 Å². The van der Waals surface area contributed by atoms with Crippen molar-refractivity contribution in [3.05, 3.63) is 27.7 Å². The van der Waals surface area contributed by atoms with E-state index in [1.807, 2.05) is 0 Å². The number of likely N-dealkylation sites (tertiary alicyclic amines) is 2. The number of amides is 2. The van der Waals surface area contributed by atoms with Crippen molar-refractivity contribution < 1.29 is 24.5 Å². The molecule has 2 aliphatic rings. The maximum atomic E-state index is 12.7. The lowest BCUT2D eigenvalue weighted by Gasteiger charge is -2.36. The third kappa shape index (κ3) is 4.16. The topological polar surface area (TPSA) is 90.3 Å². The number of aliphatic hydroxyl groups is 1. The summed E-state index contributed by atoms with van der Waals surface area (Å²) in [7, 11) is 1.51. The lowest BCUT2D eigenvalue weighted by atomic mass is 9.86. The number of carbonyl (C=O) groups is 2. The molecule has 1 aromatic rings. The average Bonchev–Trinajstić information content (AvgIpc) is 3.19. The molecule has 1 unspecified atom stereocenters. The van der Waals surface area contributed by atoms with Crippen LogP contribution in [-0.4, -0.2) is 65.3 Å². The number of aliphatic hydroxyl groups excluding tert-OH is 1. The summed E-state index contributed by atoms with van der Waals surface area (Å²) in [5.41, 5.74) is 0.481. The molecule has 0 radical (unpaired) electrons. The molecule has 0 bridgehead atoms. The summed E-state index contributed by atoms with van der Waals surface area (Å²) in [5.74, 6) is 0.128. The maximum Gasteiger partial charge on any atom is 0.407 e. The summed E-state index contributed by atoms with van der Waals surface area (Å²) >= 11 is 12.4. The molecule has 2 atom stereocenters. The highest BCUT2D eigenvalue weighted by Gasteiger charge is 2.36. The number of piperidine rings is 1. The van der Waals surface area contributed by atoms with Crippen LogP contribution in [-0.2, 0) is 4.79 Å². The number of hydrogen-bond donors (Lipinski definition) is 2. The van der Waals surface area contributed by atoms with Gasteiger partial charge in [0.15, 0.2) is 0 Å². The number of halogens is 2. The highest BCUT2D eigenvalue weighted by Crippen LogP contribution is 2.42. The van der Waals surface area contributed by atoms with E-state index in [0.29, 0.717) is 55.2 Å². The van der Waals surface area contributed by atoms with Crippen molar-refractivity contribution in [2.75, 3.05) is 33.3 Å². The zero-order valence-electron chi connectivity index (χ0n) is 15.6. The predicted molar refractivity (Wildman–Crippen MR) is 105 cm³/mol. The van der Waals surface area contributed by atoms with Crippen LogP contribution in [0.4, 0.5) is 4.79 Å². The minimum atomic E-state index is -0.982. The summed E-state index contributed by atoms with van der Waals surface area (Å²) in [6.45, 7) is 1.69. The molecule has 2 aliphatic heterocycles. The Hall–Kier alpha value is -1.70. The van der Waals surface area contributed by atoms with Crippen molar-refractivity contribution in [2.45, 2.75) is 25.4 Å². The van der Waals surface area contributed by atoms with Crippen molar-refractivity contribution >= 4 is 35.2 Å². The second-order valence-electron chi connectivity index (χ2n) is 7.30. The monoisotopic (exact) mass is 430 g/mol. The molecule has 2 heterocycles. The number of ether oxygens (including phenoxy) is 1. The first kappa shape index (κ1) is 21.0. The summed E-state index contributed by atoms with van der Waals surface area (Å²) in [6, 6.07) is 3.31. The molecule has 7 nitrogen and oxygen atoms in total. The average molecular weight is 431 g/mol. The van der Waals surface area contributed by atoms with Crippen molar-refractivity contribution in [3.8, 4) is 5.75 Å². The van der Waals surface area contributed by atoms with Gasteiger partial charge in [-0.1, -0.05) is 23.2 Å². The van der Waals surface area contributed by atoms with E-state index in [0.717, 1.165) is 0 Å². The molecule has 9 heteroatoms. The standard InChI is InChI=1S/C19H24Cl2N2O5/c1-28-14-3-2-13(20)16(21)15(14)17(24)11-4-7-22(8-5-11)18(25)12-6-9-23(10-12)19(26)27/h2-3,11-12,17,24H,4-10H2,1H3,(H,26,27)/t12-,17?/m1/s1. The lowest BCUT2D eigenvalue weighted by molar-refractivity contribution is -0.137. The highest BCUT2D eigenvalue weighted by molar-refractivity contribution is 6.42. The molecule has 3 rings (SSSR count). The Morgan fingerprint density at radius 2 is 1.79 bits per heavy atom. The van der Waals surface area contributed by atoms with Gasteiger partial charge in [0.05, 0.1) is 29.2 Å². The zero-order chi connectivity index (χ0) is 20.4. The molecular weight excluding hydrogens is 407 g/mol. The highest BCUT2D eigenvalue weighted by atomic mass is 35.5. The Kier molecular flexibility index (Phi) is 6.58. The smallest absolute Gasteiger partial charge is 0.407 e. The fourth-order valence-corrected chi connectivity index (χ4v) is 4.50. The lowest BCUT2D eigenvalue weighted by Crippen LogP contribution is -2.43. The van der Waals surface area contributed by atoms with Gasteiger partial charge in [-0.2, -0.15) is 0 Å². The van der Waals surface area contributed by atoms with E-state index < -0.39 is 12.2 Å². The number of benzene rings is 1. The number of carboxylic acid groups (broad SMARTS) is 1. The zero-order valence-corrected chi connectivity index (χ0v) is 17.1. The molecule has 0 aliphatic carbocycles.